The van der Waals surface area contributed by atoms with E-state index in [2.05, 4.69) is 15.9 Å². The van der Waals surface area contributed by atoms with E-state index in [4.69, 9.17) is 4.74 Å². The smallest absolute Gasteiger partial charge is 0.287 e. The molecule has 0 radical (unpaired) electrons. The van der Waals surface area contributed by atoms with Crippen LogP contribution < -0.4 is 4.74 Å². The second kappa shape index (κ2) is 6.34. The lowest BCUT2D eigenvalue weighted by atomic mass is 10.1. The van der Waals surface area contributed by atoms with Crippen molar-refractivity contribution < 1.29 is 14.8 Å². The Labute approximate surface area is 119 Å². The van der Waals surface area contributed by atoms with Crippen molar-refractivity contribution in [1.82, 2.24) is 0 Å². The molecule has 1 aromatic carbocycles. The first-order chi connectivity index (χ1) is 9.09. The van der Waals surface area contributed by atoms with E-state index in [0.717, 1.165) is 32.1 Å². The highest BCUT2D eigenvalue weighted by Gasteiger charge is 2.25. The fraction of sp³-hybridized carbons (Fsp3) is 0.538. The Morgan fingerprint density at radius 2 is 2.05 bits per heavy atom. The van der Waals surface area contributed by atoms with E-state index in [1.54, 1.807) is 12.1 Å². The van der Waals surface area contributed by atoms with Crippen molar-refractivity contribution in [3.8, 4) is 5.75 Å². The first kappa shape index (κ1) is 14.3. The maximum absolute atomic E-state index is 10.9. The molecule has 104 valence electrons. The standard InChI is InChI=1S/C13H16BrNO4/c14-13-9(15(17)18)5-4-8-12(13)19-11-7-3-1-2-6-10(11)16/h4-5,8,10-11,16H,1-3,6-7H2. The molecule has 0 heterocycles. The van der Waals surface area contributed by atoms with Crippen LogP contribution in [0.4, 0.5) is 5.69 Å². The summed E-state index contributed by atoms with van der Waals surface area (Å²) in [4.78, 5) is 10.4. The Balaban J connectivity index is 2.18. The highest BCUT2D eigenvalue weighted by atomic mass is 79.9. The third kappa shape index (κ3) is 3.45. The predicted octanol–water partition coefficient (Wildman–Crippen LogP) is 3.43. The van der Waals surface area contributed by atoms with E-state index in [0.29, 0.717) is 10.2 Å². The first-order valence-electron chi connectivity index (χ1n) is 6.37. The maximum atomic E-state index is 10.9. The number of hydrogen-bond acceptors (Lipinski definition) is 4. The molecule has 1 aliphatic rings. The molecule has 0 bridgehead atoms. The van der Waals surface area contributed by atoms with Gasteiger partial charge in [-0.25, -0.2) is 0 Å². The zero-order chi connectivity index (χ0) is 13.8. The number of nitro groups is 1. The van der Waals surface area contributed by atoms with Gasteiger partial charge in [0.2, 0.25) is 0 Å². The zero-order valence-corrected chi connectivity index (χ0v) is 12.0. The van der Waals surface area contributed by atoms with Crippen LogP contribution in [0.1, 0.15) is 32.1 Å². The molecule has 5 nitrogen and oxygen atoms in total. The molecule has 19 heavy (non-hydrogen) atoms. The quantitative estimate of drug-likeness (QED) is 0.523. The van der Waals surface area contributed by atoms with Crippen molar-refractivity contribution in [1.29, 1.82) is 0 Å². The van der Waals surface area contributed by atoms with Crippen LogP contribution in [0.25, 0.3) is 0 Å². The lowest BCUT2D eigenvalue weighted by Crippen LogP contribution is -2.30. The number of rotatable bonds is 3. The Kier molecular flexibility index (Phi) is 4.76. The van der Waals surface area contributed by atoms with Gasteiger partial charge in [-0.15, -0.1) is 0 Å². The molecule has 6 heteroatoms. The summed E-state index contributed by atoms with van der Waals surface area (Å²) in [6.07, 6.45) is 3.79. The van der Waals surface area contributed by atoms with Crippen molar-refractivity contribution in [3.05, 3.63) is 32.8 Å². The normalized spacial score (nSPS) is 23.7. The van der Waals surface area contributed by atoms with Gasteiger partial charge in [0.05, 0.1) is 11.0 Å². The molecule has 0 spiro atoms. The van der Waals surface area contributed by atoms with Crippen LogP contribution in [0.3, 0.4) is 0 Å². The van der Waals surface area contributed by atoms with Gasteiger partial charge in [-0.2, -0.15) is 0 Å². The van der Waals surface area contributed by atoms with Gasteiger partial charge >= 0.3 is 0 Å². The van der Waals surface area contributed by atoms with Gasteiger partial charge in [0.15, 0.2) is 0 Å². The highest BCUT2D eigenvalue weighted by molar-refractivity contribution is 9.10. The Morgan fingerprint density at radius 3 is 2.79 bits per heavy atom. The molecule has 0 amide bonds. The first-order valence-corrected chi connectivity index (χ1v) is 7.16. The molecule has 1 saturated carbocycles. The van der Waals surface area contributed by atoms with Crippen LogP contribution in [0, 0.1) is 10.1 Å². The summed E-state index contributed by atoms with van der Waals surface area (Å²) in [6, 6.07) is 4.68. The van der Waals surface area contributed by atoms with Crippen LogP contribution in [-0.2, 0) is 0 Å². The Morgan fingerprint density at radius 1 is 1.32 bits per heavy atom. The molecule has 0 aromatic heterocycles. The number of halogens is 1. The van der Waals surface area contributed by atoms with E-state index in [1.165, 1.54) is 6.07 Å². The molecule has 0 saturated heterocycles. The van der Waals surface area contributed by atoms with Gasteiger partial charge in [-0.3, -0.25) is 10.1 Å². The monoisotopic (exact) mass is 329 g/mol. The fourth-order valence-electron chi connectivity index (χ4n) is 2.29. The van der Waals surface area contributed by atoms with Crippen molar-refractivity contribution >= 4 is 21.6 Å². The van der Waals surface area contributed by atoms with Gasteiger partial charge in [-0.1, -0.05) is 18.9 Å². The number of ether oxygens (including phenoxy) is 1. The average molecular weight is 330 g/mol. The molecule has 1 fully saturated rings. The molecule has 2 unspecified atom stereocenters. The minimum atomic E-state index is -0.506. The van der Waals surface area contributed by atoms with Crippen LogP contribution in [0.15, 0.2) is 22.7 Å². The predicted molar refractivity (Wildman–Crippen MR) is 74.3 cm³/mol. The molecule has 1 aliphatic carbocycles. The summed E-state index contributed by atoms with van der Waals surface area (Å²) >= 11 is 3.20. The second-order valence-corrected chi connectivity index (χ2v) is 5.50. The van der Waals surface area contributed by atoms with Gasteiger partial charge in [-0.05, 0) is 41.3 Å². The summed E-state index contributed by atoms with van der Waals surface area (Å²) < 4.78 is 6.10. The van der Waals surface area contributed by atoms with Crippen molar-refractivity contribution in [3.63, 3.8) is 0 Å². The molecule has 1 aromatic rings. The molecule has 2 atom stereocenters. The Bertz CT molecular complexity index is 466. The van der Waals surface area contributed by atoms with E-state index in [-0.39, 0.29) is 11.8 Å². The maximum Gasteiger partial charge on any atom is 0.287 e. The molecular formula is C13H16BrNO4. The summed E-state index contributed by atoms with van der Waals surface area (Å²) in [5.74, 6) is 0.417. The largest absolute Gasteiger partial charge is 0.486 e. The van der Waals surface area contributed by atoms with Gasteiger partial charge in [0.1, 0.15) is 16.3 Å². The van der Waals surface area contributed by atoms with Crippen LogP contribution >= 0.6 is 15.9 Å². The number of nitrogens with zero attached hydrogens (tertiary/aromatic N) is 1. The van der Waals surface area contributed by atoms with Crippen LogP contribution in [-0.4, -0.2) is 22.2 Å². The lowest BCUT2D eigenvalue weighted by molar-refractivity contribution is -0.385. The van der Waals surface area contributed by atoms with E-state index < -0.39 is 11.0 Å². The van der Waals surface area contributed by atoms with Crippen molar-refractivity contribution in [2.24, 2.45) is 0 Å². The van der Waals surface area contributed by atoms with Gasteiger partial charge in [0.25, 0.3) is 5.69 Å². The molecule has 0 aliphatic heterocycles. The minimum absolute atomic E-state index is 0.0272. The fourth-order valence-corrected chi connectivity index (χ4v) is 2.79. The van der Waals surface area contributed by atoms with E-state index >= 15 is 0 Å². The van der Waals surface area contributed by atoms with E-state index in [9.17, 15) is 15.2 Å². The third-order valence-corrected chi connectivity index (χ3v) is 4.13. The van der Waals surface area contributed by atoms with Gasteiger partial charge in [0, 0.05) is 6.07 Å². The SMILES string of the molecule is O=[N+]([O-])c1cccc(OC2CCCCCC2O)c1Br. The van der Waals surface area contributed by atoms with Crippen LogP contribution in [0.2, 0.25) is 0 Å². The molecular weight excluding hydrogens is 314 g/mol. The average Bonchev–Trinajstić information content (AvgIpc) is 2.57. The summed E-state index contributed by atoms with van der Waals surface area (Å²) in [7, 11) is 0. The van der Waals surface area contributed by atoms with Crippen molar-refractivity contribution in [2.75, 3.05) is 0 Å². The van der Waals surface area contributed by atoms with Crippen molar-refractivity contribution in [2.45, 2.75) is 44.3 Å². The highest BCUT2D eigenvalue weighted by Crippen LogP contribution is 2.35. The number of benzene rings is 1. The Hall–Kier alpha value is -1.14. The summed E-state index contributed by atoms with van der Waals surface area (Å²) in [6.45, 7) is 0. The summed E-state index contributed by atoms with van der Waals surface area (Å²) in [5, 5.41) is 20.9. The van der Waals surface area contributed by atoms with Crippen LogP contribution in [0.5, 0.6) is 5.75 Å². The lowest BCUT2D eigenvalue weighted by Gasteiger charge is -2.22. The summed E-state index contributed by atoms with van der Waals surface area (Å²) in [5.41, 5.74) is -0.0272. The molecule has 2 rings (SSSR count). The number of aliphatic hydroxyl groups excluding tert-OH is 1. The molecule has 1 N–H and O–H groups in total. The minimum Gasteiger partial charge on any atom is -0.486 e. The number of hydrogen-bond donors (Lipinski definition) is 1. The van der Waals surface area contributed by atoms with E-state index in [1.807, 2.05) is 0 Å². The zero-order valence-electron chi connectivity index (χ0n) is 10.4. The number of aliphatic hydroxyl groups is 1. The number of nitro benzene ring substituents is 1. The third-order valence-electron chi connectivity index (χ3n) is 3.34. The second-order valence-electron chi connectivity index (χ2n) is 4.71. The topological polar surface area (TPSA) is 72.6 Å². The van der Waals surface area contributed by atoms with Gasteiger partial charge < -0.3 is 9.84 Å².